The van der Waals surface area contributed by atoms with Crippen molar-refractivity contribution in [2.24, 2.45) is 0 Å². The highest BCUT2D eigenvalue weighted by Crippen LogP contribution is 2.31. The quantitative estimate of drug-likeness (QED) is 0.816. The van der Waals surface area contributed by atoms with E-state index in [1.165, 1.54) is 11.1 Å². The van der Waals surface area contributed by atoms with Crippen LogP contribution in [0.3, 0.4) is 0 Å². The molecule has 1 fully saturated rings. The largest absolute Gasteiger partial charge is 0.496 e. The molecule has 2 nitrogen and oxygen atoms in total. The summed E-state index contributed by atoms with van der Waals surface area (Å²) >= 11 is 0. The maximum atomic E-state index is 5.34. The molecule has 2 rings (SSSR count). The van der Waals surface area contributed by atoms with Crippen molar-refractivity contribution in [2.75, 3.05) is 20.2 Å². The lowest BCUT2D eigenvalue weighted by atomic mass is 9.76. The van der Waals surface area contributed by atoms with Gasteiger partial charge in [0.2, 0.25) is 0 Å². The first-order valence-electron chi connectivity index (χ1n) is 5.58. The topological polar surface area (TPSA) is 21.3 Å². The third kappa shape index (κ3) is 1.74. The van der Waals surface area contributed by atoms with Crippen LogP contribution in [0.1, 0.15) is 25.0 Å². The van der Waals surface area contributed by atoms with Gasteiger partial charge in [0.25, 0.3) is 0 Å². The molecule has 0 amide bonds. The fourth-order valence-electron chi connectivity index (χ4n) is 2.13. The molecular formula is C13H19NO. The van der Waals surface area contributed by atoms with Crippen LogP contribution in [0.15, 0.2) is 18.2 Å². The Hall–Kier alpha value is -1.02. The predicted octanol–water partition coefficient (Wildman–Crippen LogP) is 2.12. The van der Waals surface area contributed by atoms with Crippen LogP contribution in [-0.4, -0.2) is 20.2 Å². The van der Waals surface area contributed by atoms with Gasteiger partial charge in [0, 0.05) is 18.5 Å². The lowest BCUT2D eigenvalue weighted by Crippen LogP contribution is -2.54. The van der Waals surface area contributed by atoms with Crippen molar-refractivity contribution in [1.82, 2.24) is 5.32 Å². The van der Waals surface area contributed by atoms with Gasteiger partial charge in [-0.25, -0.2) is 0 Å². The second-order valence-electron chi connectivity index (χ2n) is 4.54. The first-order chi connectivity index (χ1) is 7.19. The molecule has 1 saturated heterocycles. The predicted molar refractivity (Wildman–Crippen MR) is 62.6 cm³/mol. The Morgan fingerprint density at radius 2 is 2.13 bits per heavy atom. The smallest absolute Gasteiger partial charge is 0.122 e. The summed E-state index contributed by atoms with van der Waals surface area (Å²) in [6.07, 6.45) is 1.03. The van der Waals surface area contributed by atoms with E-state index in [4.69, 9.17) is 4.74 Å². The number of hydrogen-bond donors (Lipinski definition) is 1. The van der Waals surface area contributed by atoms with E-state index >= 15 is 0 Å². The van der Waals surface area contributed by atoms with Gasteiger partial charge in [-0.3, -0.25) is 0 Å². The third-order valence-electron chi connectivity index (χ3n) is 3.39. The number of ether oxygens (including phenoxy) is 1. The Kier molecular flexibility index (Phi) is 2.70. The van der Waals surface area contributed by atoms with Crippen LogP contribution in [0.5, 0.6) is 5.75 Å². The SMILES string of the molecule is CCc1cc(C2(C)CNC2)ccc1OC. The summed E-state index contributed by atoms with van der Waals surface area (Å²) in [5.41, 5.74) is 3.07. The van der Waals surface area contributed by atoms with Gasteiger partial charge in [0.05, 0.1) is 7.11 Å². The van der Waals surface area contributed by atoms with Crippen LogP contribution in [0, 0.1) is 0 Å². The Labute approximate surface area is 91.6 Å². The van der Waals surface area contributed by atoms with Crippen molar-refractivity contribution >= 4 is 0 Å². The Balaban J connectivity index is 2.34. The van der Waals surface area contributed by atoms with E-state index in [2.05, 4.69) is 37.4 Å². The molecule has 1 aliphatic rings. The third-order valence-corrected chi connectivity index (χ3v) is 3.39. The first-order valence-corrected chi connectivity index (χ1v) is 5.58. The maximum absolute atomic E-state index is 5.34. The van der Waals surface area contributed by atoms with Crippen LogP contribution in [0.2, 0.25) is 0 Å². The zero-order valence-electron chi connectivity index (χ0n) is 9.76. The first kappa shape index (κ1) is 10.5. The molecular weight excluding hydrogens is 186 g/mol. The Bertz CT molecular complexity index is 356. The second kappa shape index (κ2) is 3.86. The standard InChI is InChI=1S/C13H19NO/c1-4-10-7-11(5-6-12(10)15-3)13(2)8-14-9-13/h5-7,14H,4,8-9H2,1-3H3. The fraction of sp³-hybridized carbons (Fsp3) is 0.538. The highest BCUT2D eigenvalue weighted by atomic mass is 16.5. The second-order valence-corrected chi connectivity index (χ2v) is 4.54. The van der Waals surface area contributed by atoms with Gasteiger partial charge in [0.1, 0.15) is 5.75 Å². The minimum absolute atomic E-state index is 0.330. The van der Waals surface area contributed by atoms with Gasteiger partial charge in [-0.2, -0.15) is 0 Å². The van der Waals surface area contributed by atoms with Crippen molar-refractivity contribution in [1.29, 1.82) is 0 Å². The number of nitrogens with one attached hydrogen (secondary N) is 1. The monoisotopic (exact) mass is 205 g/mol. The van der Waals surface area contributed by atoms with Crippen LogP contribution in [0.4, 0.5) is 0 Å². The normalized spacial score (nSPS) is 18.3. The summed E-state index contributed by atoms with van der Waals surface area (Å²) in [6.45, 7) is 6.65. The molecule has 0 aliphatic carbocycles. The average molecular weight is 205 g/mol. The molecule has 15 heavy (non-hydrogen) atoms. The molecule has 1 N–H and O–H groups in total. The fourth-order valence-corrected chi connectivity index (χ4v) is 2.13. The molecule has 1 heterocycles. The average Bonchev–Trinajstić information content (AvgIpc) is 2.25. The van der Waals surface area contributed by atoms with Crippen molar-refractivity contribution < 1.29 is 4.74 Å². The molecule has 1 aromatic carbocycles. The number of rotatable bonds is 3. The number of aryl methyl sites for hydroxylation is 1. The van der Waals surface area contributed by atoms with Crippen LogP contribution in [0.25, 0.3) is 0 Å². The van der Waals surface area contributed by atoms with E-state index in [0.29, 0.717) is 5.41 Å². The minimum atomic E-state index is 0.330. The molecule has 1 aromatic rings. The molecule has 0 saturated carbocycles. The molecule has 2 heteroatoms. The minimum Gasteiger partial charge on any atom is -0.496 e. The van der Waals surface area contributed by atoms with E-state index in [0.717, 1.165) is 25.3 Å². The summed E-state index contributed by atoms with van der Waals surface area (Å²) in [5, 5.41) is 3.34. The number of methoxy groups -OCH3 is 1. The highest BCUT2D eigenvalue weighted by molar-refractivity contribution is 5.41. The van der Waals surface area contributed by atoms with E-state index < -0.39 is 0 Å². The van der Waals surface area contributed by atoms with Gasteiger partial charge in [-0.1, -0.05) is 26.0 Å². The molecule has 0 aromatic heterocycles. The van der Waals surface area contributed by atoms with E-state index in [9.17, 15) is 0 Å². The molecule has 0 radical (unpaired) electrons. The van der Waals surface area contributed by atoms with Crippen LogP contribution in [-0.2, 0) is 11.8 Å². The molecule has 82 valence electrons. The van der Waals surface area contributed by atoms with Gasteiger partial charge >= 0.3 is 0 Å². The van der Waals surface area contributed by atoms with Gasteiger partial charge in [0.15, 0.2) is 0 Å². The molecule has 0 unspecified atom stereocenters. The summed E-state index contributed by atoms with van der Waals surface area (Å²) in [4.78, 5) is 0. The van der Waals surface area contributed by atoms with Crippen molar-refractivity contribution in [3.8, 4) is 5.75 Å². The maximum Gasteiger partial charge on any atom is 0.122 e. The van der Waals surface area contributed by atoms with Crippen molar-refractivity contribution in [3.05, 3.63) is 29.3 Å². The van der Waals surface area contributed by atoms with Crippen molar-refractivity contribution in [2.45, 2.75) is 25.7 Å². The summed E-state index contributed by atoms with van der Waals surface area (Å²) in [7, 11) is 1.74. The van der Waals surface area contributed by atoms with Crippen molar-refractivity contribution in [3.63, 3.8) is 0 Å². The van der Waals surface area contributed by atoms with Gasteiger partial charge in [-0.15, -0.1) is 0 Å². The zero-order chi connectivity index (χ0) is 10.9. The molecule has 1 aliphatic heterocycles. The zero-order valence-corrected chi connectivity index (χ0v) is 9.76. The number of benzene rings is 1. The van der Waals surface area contributed by atoms with E-state index in [1.807, 2.05) is 0 Å². The Morgan fingerprint density at radius 3 is 2.60 bits per heavy atom. The van der Waals surface area contributed by atoms with Crippen LogP contribution < -0.4 is 10.1 Å². The summed E-state index contributed by atoms with van der Waals surface area (Å²) in [6, 6.07) is 6.58. The molecule has 0 atom stereocenters. The lowest BCUT2D eigenvalue weighted by Gasteiger charge is -2.40. The van der Waals surface area contributed by atoms with E-state index in [-0.39, 0.29) is 0 Å². The van der Waals surface area contributed by atoms with E-state index in [1.54, 1.807) is 7.11 Å². The summed E-state index contributed by atoms with van der Waals surface area (Å²) in [5.74, 6) is 1.01. The van der Waals surface area contributed by atoms with Crippen LogP contribution >= 0.6 is 0 Å². The molecule has 0 bridgehead atoms. The molecule has 0 spiro atoms. The summed E-state index contributed by atoms with van der Waals surface area (Å²) < 4.78 is 5.34. The van der Waals surface area contributed by atoms with Gasteiger partial charge in [-0.05, 0) is 23.6 Å². The Morgan fingerprint density at radius 1 is 1.40 bits per heavy atom. The lowest BCUT2D eigenvalue weighted by molar-refractivity contribution is 0.305. The highest BCUT2D eigenvalue weighted by Gasteiger charge is 2.33. The number of hydrogen-bond acceptors (Lipinski definition) is 2. The van der Waals surface area contributed by atoms with Gasteiger partial charge < -0.3 is 10.1 Å².